The van der Waals surface area contributed by atoms with Crippen LogP contribution in [0.2, 0.25) is 0 Å². The first-order chi connectivity index (χ1) is 12.1. The van der Waals surface area contributed by atoms with Crippen LogP contribution in [0.15, 0.2) is 56.9 Å². The van der Waals surface area contributed by atoms with Crippen molar-refractivity contribution in [2.75, 3.05) is 6.54 Å². The van der Waals surface area contributed by atoms with Crippen molar-refractivity contribution in [2.45, 2.75) is 33.6 Å². The van der Waals surface area contributed by atoms with E-state index in [1.807, 2.05) is 30.3 Å². The monoisotopic (exact) mass is 354 g/mol. The van der Waals surface area contributed by atoms with Gasteiger partial charge in [-0.3, -0.25) is 4.99 Å². The molecule has 0 radical (unpaired) electrons. The van der Waals surface area contributed by atoms with E-state index in [1.165, 1.54) is 0 Å². The molecule has 3 nitrogen and oxygen atoms in total. The van der Waals surface area contributed by atoms with E-state index >= 15 is 0 Å². The molecule has 0 fully saturated rings. The van der Waals surface area contributed by atoms with E-state index in [-0.39, 0.29) is 5.92 Å². The minimum absolute atomic E-state index is 0.225. The quantitative estimate of drug-likeness (QED) is 0.384. The first kappa shape index (κ1) is 17.7. The van der Waals surface area contributed by atoms with Crippen LogP contribution in [0.25, 0.3) is 21.9 Å². The standard InChI is InChI=1S/C21H23ClN2O/c1-4-12-23-21(24-20(22)14(3)5-2)15-10-11-17-16-8-6-7-9-18(16)25-19(17)13-15/h6-11,13-14H,4-5,12H2,1-3H3. The van der Waals surface area contributed by atoms with Crippen molar-refractivity contribution in [2.24, 2.45) is 15.9 Å². The molecule has 4 heteroatoms. The number of amidine groups is 1. The summed E-state index contributed by atoms with van der Waals surface area (Å²) in [5.41, 5.74) is 2.67. The molecule has 0 aliphatic rings. The number of rotatable bonds is 5. The third-order valence-electron chi connectivity index (χ3n) is 4.35. The van der Waals surface area contributed by atoms with Crippen molar-refractivity contribution in [3.05, 3.63) is 48.0 Å². The van der Waals surface area contributed by atoms with Gasteiger partial charge in [-0.05, 0) is 31.0 Å². The van der Waals surface area contributed by atoms with Crippen molar-refractivity contribution >= 4 is 44.5 Å². The molecule has 1 aromatic heterocycles. The van der Waals surface area contributed by atoms with Gasteiger partial charge in [0.2, 0.25) is 0 Å². The van der Waals surface area contributed by atoms with E-state index in [9.17, 15) is 0 Å². The third-order valence-corrected chi connectivity index (χ3v) is 4.81. The highest BCUT2D eigenvalue weighted by molar-refractivity contribution is 6.66. The maximum Gasteiger partial charge on any atom is 0.156 e. The number of benzene rings is 2. The highest BCUT2D eigenvalue weighted by Gasteiger charge is 2.12. The zero-order valence-electron chi connectivity index (χ0n) is 14.9. The van der Waals surface area contributed by atoms with E-state index in [2.05, 4.69) is 42.9 Å². The highest BCUT2D eigenvalue weighted by Crippen LogP contribution is 2.29. The molecule has 0 aliphatic carbocycles. The van der Waals surface area contributed by atoms with Crippen LogP contribution in [-0.4, -0.2) is 17.6 Å². The Labute approximate surface area is 153 Å². The second-order valence-corrected chi connectivity index (χ2v) is 6.65. The molecular weight excluding hydrogens is 332 g/mol. The maximum absolute atomic E-state index is 6.38. The van der Waals surface area contributed by atoms with Gasteiger partial charge >= 0.3 is 0 Å². The Bertz CT molecular complexity index is 939. The molecular formula is C21H23ClN2O. The van der Waals surface area contributed by atoms with Gasteiger partial charge in [-0.2, -0.15) is 0 Å². The van der Waals surface area contributed by atoms with Crippen LogP contribution in [-0.2, 0) is 0 Å². The fourth-order valence-corrected chi connectivity index (χ4v) is 2.89. The van der Waals surface area contributed by atoms with Crippen LogP contribution in [0, 0.1) is 5.92 Å². The molecule has 3 rings (SSSR count). The average molecular weight is 355 g/mol. The van der Waals surface area contributed by atoms with E-state index in [0.717, 1.165) is 46.9 Å². The van der Waals surface area contributed by atoms with Crippen molar-refractivity contribution < 1.29 is 4.42 Å². The van der Waals surface area contributed by atoms with Crippen LogP contribution in [0.1, 0.15) is 39.2 Å². The molecule has 0 spiro atoms. The van der Waals surface area contributed by atoms with Crippen molar-refractivity contribution in [1.82, 2.24) is 0 Å². The van der Waals surface area contributed by atoms with E-state index in [0.29, 0.717) is 11.0 Å². The summed E-state index contributed by atoms with van der Waals surface area (Å²) in [5.74, 6) is 0.901. The predicted molar refractivity (Wildman–Crippen MR) is 108 cm³/mol. The van der Waals surface area contributed by atoms with Gasteiger partial charge in [-0.1, -0.05) is 56.6 Å². The Hall–Kier alpha value is -2.13. The Morgan fingerprint density at radius 1 is 1.08 bits per heavy atom. The molecule has 1 atom stereocenters. The highest BCUT2D eigenvalue weighted by atomic mass is 35.5. The molecule has 25 heavy (non-hydrogen) atoms. The Morgan fingerprint density at radius 3 is 2.60 bits per heavy atom. The molecule has 0 N–H and O–H groups in total. The normalized spacial score (nSPS) is 14.4. The van der Waals surface area contributed by atoms with Crippen LogP contribution in [0.3, 0.4) is 0 Å². The topological polar surface area (TPSA) is 37.9 Å². The number of aliphatic imine (C=N–C) groups is 2. The summed E-state index contributed by atoms with van der Waals surface area (Å²) in [6.07, 6.45) is 1.92. The van der Waals surface area contributed by atoms with Crippen molar-refractivity contribution in [3.63, 3.8) is 0 Å². The summed E-state index contributed by atoms with van der Waals surface area (Å²) in [4.78, 5) is 9.24. The van der Waals surface area contributed by atoms with E-state index < -0.39 is 0 Å². The smallest absolute Gasteiger partial charge is 0.156 e. The molecule has 1 unspecified atom stereocenters. The number of furan rings is 1. The summed E-state index contributed by atoms with van der Waals surface area (Å²) < 4.78 is 5.98. The lowest BCUT2D eigenvalue weighted by Crippen LogP contribution is -2.08. The molecule has 0 amide bonds. The molecule has 0 saturated carbocycles. The number of para-hydroxylation sites is 1. The summed E-state index contributed by atoms with van der Waals surface area (Å²) in [7, 11) is 0. The Balaban J connectivity index is 2.07. The Morgan fingerprint density at radius 2 is 1.84 bits per heavy atom. The van der Waals surface area contributed by atoms with Gasteiger partial charge in [-0.15, -0.1) is 0 Å². The Kier molecular flexibility index (Phi) is 5.54. The second-order valence-electron chi connectivity index (χ2n) is 6.26. The largest absolute Gasteiger partial charge is 0.456 e. The van der Waals surface area contributed by atoms with Gasteiger partial charge < -0.3 is 4.42 Å². The minimum atomic E-state index is 0.225. The fourth-order valence-electron chi connectivity index (χ4n) is 2.65. The predicted octanol–water partition coefficient (Wildman–Crippen LogP) is 6.43. The number of hydrogen-bond acceptors (Lipinski definition) is 2. The third kappa shape index (κ3) is 3.77. The van der Waals surface area contributed by atoms with Crippen LogP contribution in [0.5, 0.6) is 0 Å². The number of nitrogens with zero attached hydrogens (tertiary/aromatic N) is 2. The zero-order chi connectivity index (χ0) is 17.8. The molecule has 0 aliphatic heterocycles. The van der Waals surface area contributed by atoms with Crippen LogP contribution < -0.4 is 0 Å². The van der Waals surface area contributed by atoms with Gasteiger partial charge in [0.25, 0.3) is 0 Å². The second kappa shape index (κ2) is 7.83. The lowest BCUT2D eigenvalue weighted by atomic mass is 10.1. The summed E-state index contributed by atoms with van der Waals surface area (Å²) >= 11 is 6.38. The summed E-state index contributed by atoms with van der Waals surface area (Å²) in [5, 5.41) is 2.82. The average Bonchev–Trinajstić information content (AvgIpc) is 3.01. The fraction of sp³-hybridized carbons (Fsp3) is 0.333. The van der Waals surface area contributed by atoms with Gasteiger partial charge in [0.15, 0.2) is 5.84 Å². The van der Waals surface area contributed by atoms with Gasteiger partial charge in [0, 0.05) is 28.8 Å². The molecule has 3 aromatic rings. The van der Waals surface area contributed by atoms with Crippen LogP contribution >= 0.6 is 11.6 Å². The minimum Gasteiger partial charge on any atom is -0.456 e. The first-order valence-electron chi connectivity index (χ1n) is 8.84. The molecule has 1 heterocycles. The molecule has 2 aromatic carbocycles. The lowest BCUT2D eigenvalue weighted by molar-refractivity contribution is 0.669. The van der Waals surface area contributed by atoms with Gasteiger partial charge in [0.05, 0.1) is 0 Å². The van der Waals surface area contributed by atoms with Crippen molar-refractivity contribution in [1.29, 1.82) is 0 Å². The van der Waals surface area contributed by atoms with Crippen molar-refractivity contribution in [3.8, 4) is 0 Å². The molecule has 0 bridgehead atoms. The van der Waals surface area contributed by atoms with Gasteiger partial charge in [0.1, 0.15) is 16.3 Å². The molecule has 130 valence electrons. The zero-order valence-corrected chi connectivity index (χ0v) is 15.7. The van der Waals surface area contributed by atoms with E-state index in [4.69, 9.17) is 16.0 Å². The first-order valence-corrected chi connectivity index (χ1v) is 9.22. The number of hydrogen-bond donors (Lipinski definition) is 0. The SMILES string of the molecule is CCCN=C(N=C(Cl)C(C)CC)c1ccc2c(c1)oc1ccccc12. The number of halogens is 1. The molecule has 0 saturated heterocycles. The lowest BCUT2D eigenvalue weighted by Gasteiger charge is -2.08. The number of fused-ring (bicyclic) bond motifs is 3. The summed E-state index contributed by atoms with van der Waals surface area (Å²) in [6.45, 7) is 7.00. The maximum atomic E-state index is 6.38. The van der Waals surface area contributed by atoms with Crippen LogP contribution in [0.4, 0.5) is 0 Å². The van der Waals surface area contributed by atoms with Gasteiger partial charge in [-0.25, -0.2) is 4.99 Å². The summed E-state index contributed by atoms with van der Waals surface area (Å²) in [6, 6.07) is 14.2. The van der Waals surface area contributed by atoms with E-state index in [1.54, 1.807) is 0 Å².